The molecule has 0 amide bonds. The van der Waals surface area contributed by atoms with E-state index < -0.39 is 23.8 Å². The number of carboxylic acid groups (broad SMARTS) is 2. The predicted octanol–water partition coefficient (Wildman–Crippen LogP) is 9.36. The van der Waals surface area contributed by atoms with E-state index in [0.29, 0.717) is 9.75 Å². The van der Waals surface area contributed by atoms with Gasteiger partial charge in [0.05, 0.1) is 59.4 Å². The van der Waals surface area contributed by atoms with Gasteiger partial charge in [-0.1, -0.05) is 13.8 Å². The van der Waals surface area contributed by atoms with Gasteiger partial charge in [-0.15, -0.1) is 34.4 Å². The van der Waals surface area contributed by atoms with Crippen LogP contribution in [-0.2, 0) is 60.9 Å². The first-order valence-corrected chi connectivity index (χ1v) is 21.8. The van der Waals surface area contributed by atoms with Crippen LogP contribution in [0.15, 0.2) is 45.8 Å². The third-order valence-corrected chi connectivity index (χ3v) is 10.2. The average molecular weight is 1150 g/mol. The molecule has 0 aliphatic rings. The fourth-order valence-electron chi connectivity index (χ4n) is 4.17. The number of rotatable bonds is 11. The standard InChI is InChI=1S/C16H18O4S2.C15H15BrO4S.2C2H4O2.Cu.HI.2H2S.Zn/c1-9(16(18)20-3)5-11(17)14-7-10-6-12(19-2)15(21-4)8-13(10)22-14;1-8(15(18)20-3)4-11(17)14-6-9-5-12(19-2)10(16)7-13(9)21-14;2*1-2(3)4;;;;;/h6-9H,5H2,1-4H3;5-8H,4H2,1-3H3;2*1H3,(H,3,4);;1H;2*1H2;/q;;;;+1;;;;/p-1/t9-;8-;;;;;;;/m00......./s1. The minimum absolute atomic E-state index is 0. The number of fused-ring (bicyclic) bond motifs is 2. The number of thiophene rings is 2. The summed E-state index contributed by atoms with van der Waals surface area (Å²) in [6.45, 7) is 5.56. The fraction of sp³-hybridized carbons (Fsp3) is 0.371. The molecule has 2 aromatic carbocycles. The smallest absolute Gasteiger partial charge is 0 e. The molecule has 2 atom stereocenters. The quantitative estimate of drug-likeness (QED) is 0.0478. The maximum absolute atomic E-state index is 12.3. The van der Waals surface area contributed by atoms with Crippen molar-refractivity contribution in [1.29, 1.82) is 0 Å². The van der Waals surface area contributed by atoms with Gasteiger partial charge in [0.2, 0.25) is 0 Å². The fourth-order valence-corrected chi connectivity index (χ4v) is 7.54. The van der Waals surface area contributed by atoms with Crippen LogP contribution < -0.4 is 9.47 Å². The Morgan fingerprint density at radius 2 is 1.05 bits per heavy atom. The van der Waals surface area contributed by atoms with Crippen molar-refractivity contribution in [3.63, 3.8) is 0 Å². The molecule has 314 valence electrons. The number of aliphatic carboxylic acids is 2. The first-order chi connectivity index (χ1) is 24.9. The van der Waals surface area contributed by atoms with Crippen molar-refractivity contribution < 1.29 is 90.2 Å². The molecule has 0 bridgehead atoms. The van der Waals surface area contributed by atoms with Crippen molar-refractivity contribution in [2.24, 2.45) is 11.8 Å². The SMILES string of the molecule is CC(=O)O.CC(=O)O.COC(=O)[C@@H](C)CC(=O)c1cc2cc(OC)c(Br)cc2s1.COC(=O)[C@@H](C)CC(=O)c1cc2cc(OC)c(SC)cc2s1.S.S.[Cu][I].[Zn]. The summed E-state index contributed by atoms with van der Waals surface area (Å²) < 4.78 is 22.8. The number of carbonyl (C=O) groups is 6. The molecule has 2 N–H and O–H groups in total. The van der Waals surface area contributed by atoms with Crippen LogP contribution in [-0.4, -0.2) is 80.4 Å². The van der Waals surface area contributed by atoms with E-state index in [9.17, 15) is 19.2 Å². The Morgan fingerprint density at radius 3 is 1.38 bits per heavy atom. The summed E-state index contributed by atoms with van der Waals surface area (Å²) in [7, 11) is 5.89. The summed E-state index contributed by atoms with van der Waals surface area (Å²) >= 11 is 13.8. The Balaban J connectivity index is -0.000000374. The third-order valence-electron chi connectivity index (χ3n) is 6.55. The number of esters is 2. The summed E-state index contributed by atoms with van der Waals surface area (Å²) in [5.41, 5.74) is 0. The van der Waals surface area contributed by atoms with Crippen molar-refractivity contribution >= 4 is 153 Å². The number of hydrogen-bond acceptors (Lipinski definition) is 13. The molecule has 0 radical (unpaired) electrons. The van der Waals surface area contributed by atoms with Crippen LogP contribution in [0.3, 0.4) is 0 Å². The van der Waals surface area contributed by atoms with Gasteiger partial charge in [0.25, 0.3) is 11.9 Å². The number of carbonyl (C=O) groups excluding carboxylic acids is 4. The number of carboxylic acids is 2. The number of thioether (sulfide) groups is 1. The van der Waals surface area contributed by atoms with E-state index in [-0.39, 0.29) is 82.8 Å². The molecule has 56 heavy (non-hydrogen) atoms. The van der Waals surface area contributed by atoms with Crippen LogP contribution in [0.4, 0.5) is 0 Å². The van der Waals surface area contributed by atoms with Crippen LogP contribution in [0.1, 0.15) is 59.9 Å². The van der Waals surface area contributed by atoms with Gasteiger partial charge < -0.3 is 29.2 Å². The van der Waals surface area contributed by atoms with Gasteiger partial charge >= 0.3 is 45.0 Å². The Labute approximate surface area is 393 Å². The van der Waals surface area contributed by atoms with Crippen LogP contribution in [0, 0.1) is 11.8 Å². The number of ether oxygens (including phenoxy) is 4. The molecule has 0 aliphatic carbocycles. The summed E-state index contributed by atoms with van der Waals surface area (Å²) in [6.07, 6.45) is 2.30. The van der Waals surface area contributed by atoms with Gasteiger partial charge in [-0.05, 0) is 69.4 Å². The predicted molar refractivity (Wildman–Crippen MR) is 238 cm³/mol. The first-order valence-electron chi connectivity index (χ1n) is 15.1. The van der Waals surface area contributed by atoms with Crippen LogP contribution in [0.2, 0.25) is 0 Å². The summed E-state index contributed by atoms with van der Waals surface area (Å²) in [6, 6.07) is 11.5. The number of benzene rings is 2. The number of methoxy groups -OCH3 is 4. The van der Waals surface area contributed by atoms with Gasteiger partial charge in [-0.2, -0.15) is 27.0 Å². The molecule has 0 saturated heterocycles. The number of hydrogen-bond donors (Lipinski definition) is 2. The average Bonchev–Trinajstić information content (AvgIpc) is 3.74. The van der Waals surface area contributed by atoms with E-state index in [0.717, 1.165) is 54.9 Å². The Morgan fingerprint density at radius 1 is 0.714 bits per heavy atom. The molecule has 0 spiro atoms. The zero-order valence-corrected chi connectivity index (χ0v) is 44.1. The Kier molecular flexibility index (Phi) is 35.5. The molecule has 12 nitrogen and oxygen atoms in total. The summed E-state index contributed by atoms with van der Waals surface area (Å²) in [4.78, 5) is 67.7. The maximum Gasteiger partial charge on any atom is 0 e. The maximum atomic E-state index is 12.3. The van der Waals surface area contributed by atoms with Gasteiger partial charge in [-0.25, -0.2) is 0 Å². The number of Topliss-reactive ketones (excluding diaryl/α,β-unsaturated/α-hetero) is 2. The number of ketones is 2. The molecular formula is C35H45BrCuIO12S5Zn. The zero-order chi connectivity index (χ0) is 41.0. The van der Waals surface area contributed by atoms with Crippen LogP contribution in [0.5, 0.6) is 11.5 Å². The molecule has 0 unspecified atom stereocenters. The van der Waals surface area contributed by atoms with Gasteiger partial charge in [0.1, 0.15) is 11.5 Å². The molecule has 4 aromatic rings. The van der Waals surface area contributed by atoms with Gasteiger partial charge in [0, 0.05) is 55.6 Å². The Bertz CT molecular complexity index is 1810. The van der Waals surface area contributed by atoms with Crippen molar-refractivity contribution in [2.45, 2.75) is 45.4 Å². The molecule has 21 heteroatoms. The Hall–Kier alpha value is -1.42. The van der Waals surface area contributed by atoms with E-state index in [4.69, 9.17) is 29.3 Å². The minimum atomic E-state index is -0.833. The second kappa shape index (κ2) is 32.4. The first kappa shape index (κ1) is 61.2. The van der Waals surface area contributed by atoms with E-state index in [2.05, 4.69) is 38.2 Å². The summed E-state index contributed by atoms with van der Waals surface area (Å²) in [5, 5.41) is 16.8. The van der Waals surface area contributed by atoms with E-state index in [1.54, 1.807) is 60.2 Å². The van der Waals surface area contributed by atoms with Crippen molar-refractivity contribution in [3.05, 3.63) is 50.6 Å². The van der Waals surface area contributed by atoms with Gasteiger partial charge in [0.15, 0.2) is 11.6 Å². The largest absolute Gasteiger partial charge is 0 e. The number of halogens is 2. The van der Waals surface area contributed by atoms with E-state index in [1.807, 2.05) is 42.7 Å². The molecule has 0 aliphatic heterocycles. The summed E-state index contributed by atoms with van der Waals surface area (Å²) in [5.74, 6) is -1.82. The topological polar surface area (TPSA) is 180 Å². The molecule has 4 rings (SSSR count). The van der Waals surface area contributed by atoms with Crippen molar-refractivity contribution in [2.75, 3.05) is 34.7 Å². The molecular weight excluding hydrogens is 1110 g/mol. The van der Waals surface area contributed by atoms with Crippen molar-refractivity contribution in [3.8, 4) is 11.5 Å². The molecule has 2 heterocycles. The third kappa shape index (κ3) is 21.5. The normalized spacial score (nSPS) is 10.4. The van der Waals surface area contributed by atoms with Crippen molar-refractivity contribution in [1.82, 2.24) is 0 Å². The van der Waals surface area contributed by atoms with Crippen LogP contribution >= 0.6 is 97.7 Å². The minimum Gasteiger partial charge on any atom is 0 e. The molecule has 0 fully saturated rings. The second-order valence-corrected chi connectivity index (χ2v) is 14.5. The van der Waals surface area contributed by atoms with E-state index in [1.165, 1.54) is 36.9 Å². The molecule has 0 saturated carbocycles. The zero-order valence-electron chi connectivity index (χ0n) is 32.0. The van der Waals surface area contributed by atoms with E-state index >= 15 is 0 Å². The second-order valence-electron chi connectivity index (χ2n) is 10.6. The monoisotopic (exact) mass is 1150 g/mol. The van der Waals surface area contributed by atoms with Crippen LogP contribution in [0.25, 0.3) is 20.2 Å². The molecule has 2 aromatic heterocycles. The van der Waals surface area contributed by atoms with Gasteiger partial charge in [-0.3, -0.25) is 28.8 Å².